The molecule has 2 aliphatic heterocycles. The van der Waals surface area contributed by atoms with E-state index in [9.17, 15) is 4.79 Å². The molecule has 0 aromatic carbocycles. The first-order chi connectivity index (χ1) is 10.5. The Labute approximate surface area is 131 Å². The van der Waals surface area contributed by atoms with Crippen molar-refractivity contribution in [3.05, 3.63) is 22.9 Å². The minimum Gasteiger partial charge on any atom is -0.481 e. The van der Waals surface area contributed by atoms with E-state index in [-0.39, 0.29) is 11.3 Å². The summed E-state index contributed by atoms with van der Waals surface area (Å²) in [5, 5.41) is 0. The Bertz CT molecular complexity index is 580. The molecule has 120 valence electrons. The molecule has 2 aliphatic rings. The fourth-order valence-corrected chi connectivity index (χ4v) is 3.60. The summed E-state index contributed by atoms with van der Waals surface area (Å²) in [4.78, 5) is 18.7. The average molecular weight is 304 g/mol. The Kier molecular flexibility index (Phi) is 4.08. The van der Waals surface area contributed by atoms with Gasteiger partial charge in [-0.3, -0.25) is 4.79 Å². The monoisotopic (exact) mass is 304 g/mol. The van der Waals surface area contributed by atoms with Crippen LogP contribution in [0.1, 0.15) is 36.1 Å². The smallest absolute Gasteiger partial charge is 0.222 e. The van der Waals surface area contributed by atoms with E-state index in [1.807, 2.05) is 17.9 Å². The normalized spacial score (nSPS) is 25.0. The van der Waals surface area contributed by atoms with E-state index < -0.39 is 0 Å². The zero-order valence-electron chi connectivity index (χ0n) is 13.6. The Morgan fingerprint density at radius 1 is 1.41 bits per heavy atom. The Morgan fingerprint density at radius 2 is 2.23 bits per heavy atom. The van der Waals surface area contributed by atoms with Gasteiger partial charge in [-0.2, -0.15) is 0 Å². The summed E-state index contributed by atoms with van der Waals surface area (Å²) in [6, 6.07) is 2.04. The predicted molar refractivity (Wildman–Crippen MR) is 82.8 cm³/mol. The lowest BCUT2D eigenvalue weighted by molar-refractivity contribution is -0.138. The third-order valence-electron chi connectivity index (χ3n) is 4.91. The molecule has 0 aliphatic carbocycles. The fraction of sp³-hybridized carbons (Fsp3) is 0.647. The molecule has 2 fully saturated rings. The van der Waals surface area contributed by atoms with Gasteiger partial charge < -0.3 is 14.4 Å². The third-order valence-corrected chi connectivity index (χ3v) is 4.91. The molecule has 0 radical (unpaired) electrons. The van der Waals surface area contributed by atoms with Gasteiger partial charge in [-0.25, -0.2) is 4.98 Å². The van der Waals surface area contributed by atoms with Crippen molar-refractivity contribution < 1.29 is 14.3 Å². The molecule has 0 bridgehead atoms. The van der Waals surface area contributed by atoms with E-state index in [0.717, 1.165) is 49.4 Å². The second-order valence-electron chi connectivity index (χ2n) is 6.62. The number of piperidine rings is 1. The first-order valence-electron chi connectivity index (χ1n) is 7.90. The number of amides is 1. The number of ether oxygens (including phenoxy) is 2. The van der Waals surface area contributed by atoms with Crippen LogP contribution >= 0.6 is 0 Å². The van der Waals surface area contributed by atoms with Crippen molar-refractivity contribution >= 4 is 5.91 Å². The van der Waals surface area contributed by atoms with Crippen LogP contribution < -0.4 is 4.74 Å². The van der Waals surface area contributed by atoms with Crippen molar-refractivity contribution in [3.63, 3.8) is 0 Å². The zero-order chi connectivity index (χ0) is 15.7. The first-order valence-corrected chi connectivity index (χ1v) is 7.90. The minimum atomic E-state index is 0.160. The van der Waals surface area contributed by atoms with Gasteiger partial charge in [-0.1, -0.05) is 0 Å². The summed E-state index contributed by atoms with van der Waals surface area (Å²) in [5.74, 6) is 0.854. The molecule has 5 heteroatoms. The SMILES string of the molecule is COc1nc(C)cc(C)c1CN1C[C@@]2(CCOC2)CCC1=O. The number of rotatable bonds is 3. The van der Waals surface area contributed by atoms with Crippen LogP contribution in [0.3, 0.4) is 0 Å². The second kappa shape index (κ2) is 5.88. The summed E-state index contributed by atoms with van der Waals surface area (Å²) < 4.78 is 11.0. The molecule has 1 aromatic heterocycles. The minimum absolute atomic E-state index is 0.160. The Balaban J connectivity index is 1.84. The Hall–Kier alpha value is -1.62. The summed E-state index contributed by atoms with van der Waals surface area (Å²) in [6.45, 7) is 6.95. The molecule has 1 atom stereocenters. The standard InChI is InChI=1S/C17H24N2O3/c1-12-8-13(2)18-16(21-3)14(12)9-19-10-17(5-4-15(19)20)6-7-22-11-17/h8H,4-7,9-11H2,1-3H3/t17-/m0/s1. The molecule has 5 nitrogen and oxygen atoms in total. The van der Waals surface area contributed by atoms with E-state index in [4.69, 9.17) is 9.47 Å². The van der Waals surface area contributed by atoms with Crippen LogP contribution in [0.25, 0.3) is 0 Å². The number of aromatic nitrogens is 1. The lowest BCUT2D eigenvalue weighted by atomic mass is 9.79. The summed E-state index contributed by atoms with van der Waals surface area (Å²) in [7, 11) is 1.63. The van der Waals surface area contributed by atoms with Gasteiger partial charge in [-0.15, -0.1) is 0 Å². The number of likely N-dealkylation sites (tertiary alicyclic amines) is 1. The highest BCUT2D eigenvalue weighted by molar-refractivity contribution is 5.77. The number of hydrogen-bond acceptors (Lipinski definition) is 4. The van der Waals surface area contributed by atoms with Crippen LogP contribution in [-0.2, 0) is 16.1 Å². The summed E-state index contributed by atoms with van der Waals surface area (Å²) in [5.41, 5.74) is 3.23. The molecular weight excluding hydrogens is 280 g/mol. The van der Waals surface area contributed by atoms with E-state index in [2.05, 4.69) is 11.9 Å². The molecule has 2 saturated heterocycles. The van der Waals surface area contributed by atoms with Crippen molar-refractivity contribution in [2.45, 2.75) is 39.7 Å². The number of carbonyl (C=O) groups is 1. The number of carbonyl (C=O) groups excluding carboxylic acids is 1. The molecule has 1 aromatic rings. The van der Waals surface area contributed by atoms with Crippen LogP contribution in [0.2, 0.25) is 0 Å². The topological polar surface area (TPSA) is 51.7 Å². The van der Waals surface area contributed by atoms with Gasteiger partial charge in [-0.05, 0) is 38.3 Å². The van der Waals surface area contributed by atoms with E-state index in [1.54, 1.807) is 7.11 Å². The van der Waals surface area contributed by atoms with Gasteiger partial charge in [0.05, 0.1) is 20.3 Å². The van der Waals surface area contributed by atoms with E-state index >= 15 is 0 Å². The molecule has 3 heterocycles. The quantitative estimate of drug-likeness (QED) is 0.859. The maximum atomic E-state index is 12.3. The Morgan fingerprint density at radius 3 is 2.91 bits per heavy atom. The van der Waals surface area contributed by atoms with Crippen LogP contribution in [0, 0.1) is 19.3 Å². The number of pyridine rings is 1. The van der Waals surface area contributed by atoms with Crippen molar-refractivity contribution in [2.75, 3.05) is 26.9 Å². The number of hydrogen-bond donors (Lipinski definition) is 0. The van der Waals surface area contributed by atoms with Gasteiger partial charge in [0.1, 0.15) is 0 Å². The van der Waals surface area contributed by atoms with Gasteiger partial charge >= 0.3 is 0 Å². The van der Waals surface area contributed by atoms with E-state index in [0.29, 0.717) is 18.8 Å². The van der Waals surface area contributed by atoms with Gasteiger partial charge in [0, 0.05) is 36.2 Å². The largest absolute Gasteiger partial charge is 0.481 e. The maximum absolute atomic E-state index is 12.3. The van der Waals surface area contributed by atoms with Gasteiger partial charge in [0.2, 0.25) is 11.8 Å². The van der Waals surface area contributed by atoms with Crippen LogP contribution in [0.15, 0.2) is 6.07 Å². The van der Waals surface area contributed by atoms with E-state index in [1.165, 1.54) is 0 Å². The highest BCUT2D eigenvalue weighted by Gasteiger charge is 2.41. The highest BCUT2D eigenvalue weighted by atomic mass is 16.5. The second-order valence-corrected chi connectivity index (χ2v) is 6.62. The molecule has 1 spiro atoms. The molecule has 0 N–H and O–H groups in total. The summed E-state index contributed by atoms with van der Waals surface area (Å²) >= 11 is 0. The van der Waals surface area contributed by atoms with Crippen molar-refractivity contribution in [1.82, 2.24) is 9.88 Å². The molecular formula is C17H24N2O3. The number of aryl methyl sites for hydroxylation is 2. The zero-order valence-corrected chi connectivity index (χ0v) is 13.6. The van der Waals surface area contributed by atoms with Crippen molar-refractivity contribution in [3.8, 4) is 5.88 Å². The van der Waals surface area contributed by atoms with Crippen LogP contribution in [0.4, 0.5) is 0 Å². The predicted octanol–water partition coefficient (Wildman–Crippen LogP) is 2.24. The first kappa shape index (κ1) is 15.3. The lowest BCUT2D eigenvalue weighted by Gasteiger charge is -2.39. The lowest BCUT2D eigenvalue weighted by Crippen LogP contribution is -2.46. The third kappa shape index (κ3) is 2.82. The number of nitrogens with zero attached hydrogens (tertiary/aromatic N) is 2. The molecule has 22 heavy (non-hydrogen) atoms. The van der Waals surface area contributed by atoms with Crippen LogP contribution in [-0.4, -0.2) is 42.7 Å². The van der Waals surface area contributed by atoms with Gasteiger partial charge in [0.25, 0.3) is 0 Å². The van der Waals surface area contributed by atoms with Crippen LogP contribution in [0.5, 0.6) is 5.88 Å². The van der Waals surface area contributed by atoms with Gasteiger partial charge in [0.15, 0.2) is 0 Å². The molecule has 3 rings (SSSR count). The summed E-state index contributed by atoms with van der Waals surface area (Å²) in [6.07, 6.45) is 2.62. The van der Waals surface area contributed by atoms with Crippen molar-refractivity contribution in [1.29, 1.82) is 0 Å². The average Bonchev–Trinajstić information content (AvgIpc) is 2.93. The number of methoxy groups -OCH3 is 1. The molecule has 0 unspecified atom stereocenters. The molecule has 1 amide bonds. The highest BCUT2D eigenvalue weighted by Crippen LogP contribution is 2.39. The fourth-order valence-electron chi connectivity index (χ4n) is 3.60. The maximum Gasteiger partial charge on any atom is 0.222 e. The molecule has 0 saturated carbocycles. The van der Waals surface area contributed by atoms with Crippen molar-refractivity contribution in [2.24, 2.45) is 5.41 Å².